The van der Waals surface area contributed by atoms with Gasteiger partial charge in [0.2, 0.25) is 0 Å². The lowest BCUT2D eigenvalue weighted by Gasteiger charge is -2.07. The van der Waals surface area contributed by atoms with Crippen molar-refractivity contribution in [2.24, 2.45) is 0 Å². The highest BCUT2D eigenvalue weighted by molar-refractivity contribution is 9.10. The Kier molecular flexibility index (Phi) is 6.06. The van der Waals surface area contributed by atoms with E-state index in [-0.39, 0.29) is 18.0 Å². The Bertz CT molecular complexity index is 701. The van der Waals surface area contributed by atoms with Gasteiger partial charge in [-0.2, -0.15) is 0 Å². The lowest BCUT2D eigenvalue weighted by Crippen LogP contribution is -2.14. The molecule has 0 unspecified atom stereocenters. The Hall–Kier alpha value is -1.30. The van der Waals surface area contributed by atoms with Gasteiger partial charge in [0.25, 0.3) is 0 Å². The van der Waals surface area contributed by atoms with Crippen molar-refractivity contribution in [2.45, 2.75) is 4.90 Å². The van der Waals surface area contributed by atoms with Crippen LogP contribution in [0, 0.1) is 0 Å². The van der Waals surface area contributed by atoms with E-state index in [1.165, 1.54) is 11.8 Å². The fourth-order valence-electron chi connectivity index (χ4n) is 1.72. The highest BCUT2D eigenvalue weighted by Crippen LogP contribution is 2.23. The quantitative estimate of drug-likeness (QED) is 0.409. The zero-order valence-corrected chi connectivity index (χ0v) is 14.8. The van der Waals surface area contributed by atoms with Crippen LogP contribution in [0.25, 0.3) is 0 Å². The standard InChI is InChI=1S/C16H12BrClO3S/c1-22-12-6-7-14(18)13(8-12)16(20)21-9-15(19)10-2-4-11(17)5-3-10/h2-8H,9H2,1H3. The molecule has 0 amide bonds. The van der Waals surface area contributed by atoms with Gasteiger partial charge in [-0.3, -0.25) is 4.79 Å². The van der Waals surface area contributed by atoms with Crippen LogP contribution >= 0.6 is 39.3 Å². The number of thioether (sulfide) groups is 1. The molecule has 0 radical (unpaired) electrons. The Labute approximate surface area is 146 Å². The van der Waals surface area contributed by atoms with Crippen molar-refractivity contribution in [3.05, 3.63) is 63.1 Å². The molecule has 2 rings (SSSR count). The molecule has 0 aromatic heterocycles. The monoisotopic (exact) mass is 398 g/mol. The van der Waals surface area contributed by atoms with E-state index in [4.69, 9.17) is 16.3 Å². The number of hydrogen-bond acceptors (Lipinski definition) is 4. The molecule has 0 aliphatic heterocycles. The van der Waals surface area contributed by atoms with Crippen molar-refractivity contribution >= 4 is 51.0 Å². The molecular weight excluding hydrogens is 388 g/mol. The van der Waals surface area contributed by atoms with E-state index in [1.54, 1.807) is 36.4 Å². The second-order valence-electron chi connectivity index (χ2n) is 4.35. The van der Waals surface area contributed by atoms with Crippen LogP contribution in [0.1, 0.15) is 20.7 Å². The second-order valence-corrected chi connectivity index (χ2v) is 6.55. The fraction of sp³-hybridized carbons (Fsp3) is 0.125. The first-order valence-electron chi connectivity index (χ1n) is 6.30. The summed E-state index contributed by atoms with van der Waals surface area (Å²) in [5.41, 5.74) is 0.747. The number of benzene rings is 2. The second kappa shape index (κ2) is 7.81. The van der Waals surface area contributed by atoms with Crippen LogP contribution in [0.5, 0.6) is 0 Å². The number of hydrogen-bond donors (Lipinski definition) is 0. The number of carbonyl (C=O) groups excluding carboxylic acids is 2. The minimum atomic E-state index is -0.605. The molecule has 0 spiro atoms. The van der Waals surface area contributed by atoms with Gasteiger partial charge in [-0.1, -0.05) is 39.7 Å². The van der Waals surface area contributed by atoms with Crippen molar-refractivity contribution in [3.8, 4) is 0 Å². The Morgan fingerprint density at radius 3 is 2.50 bits per heavy atom. The van der Waals surface area contributed by atoms with Crippen LogP contribution in [0.4, 0.5) is 0 Å². The summed E-state index contributed by atoms with van der Waals surface area (Å²) in [4.78, 5) is 24.9. The third-order valence-corrected chi connectivity index (χ3v) is 4.48. The summed E-state index contributed by atoms with van der Waals surface area (Å²) in [7, 11) is 0. The van der Waals surface area contributed by atoms with Gasteiger partial charge >= 0.3 is 5.97 Å². The minimum Gasteiger partial charge on any atom is -0.454 e. The molecular formula is C16H12BrClO3S. The summed E-state index contributed by atoms with van der Waals surface area (Å²) in [6.07, 6.45) is 1.90. The first kappa shape index (κ1) is 17.1. The van der Waals surface area contributed by atoms with E-state index in [1.807, 2.05) is 12.3 Å². The highest BCUT2D eigenvalue weighted by atomic mass is 79.9. The van der Waals surface area contributed by atoms with Crippen LogP contribution in [-0.4, -0.2) is 24.6 Å². The van der Waals surface area contributed by atoms with E-state index in [2.05, 4.69) is 15.9 Å². The number of esters is 1. The largest absolute Gasteiger partial charge is 0.454 e. The molecule has 2 aromatic carbocycles. The summed E-state index contributed by atoms with van der Waals surface area (Å²) in [6.45, 7) is -0.319. The van der Waals surface area contributed by atoms with Crippen molar-refractivity contribution in [1.82, 2.24) is 0 Å². The Morgan fingerprint density at radius 2 is 1.86 bits per heavy atom. The van der Waals surface area contributed by atoms with Crippen molar-refractivity contribution < 1.29 is 14.3 Å². The van der Waals surface area contributed by atoms with Gasteiger partial charge in [0.05, 0.1) is 10.6 Å². The van der Waals surface area contributed by atoms with Gasteiger partial charge in [-0.25, -0.2) is 4.79 Å². The first-order valence-corrected chi connectivity index (χ1v) is 8.70. The molecule has 2 aromatic rings. The van der Waals surface area contributed by atoms with Crippen molar-refractivity contribution in [2.75, 3.05) is 12.9 Å². The van der Waals surface area contributed by atoms with Gasteiger partial charge in [0.15, 0.2) is 12.4 Å². The van der Waals surface area contributed by atoms with Crippen LogP contribution < -0.4 is 0 Å². The predicted molar refractivity (Wildman–Crippen MR) is 92.0 cm³/mol. The number of ether oxygens (including phenoxy) is 1. The van der Waals surface area contributed by atoms with E-state index >= 15 is 0 Å². The summed E-state index contributed by atoms with van der Waals surface area (Å²) in [6, 6.07) is 12.0. The van der Waals surface area contributed by atoms with Crippen LogP contribution in [0.15, 0.2) is 51.8 Å². The molecule has 6 heteroatoms. The maximum absolute atomic E-state index is 12.0. The lowest BCUT2D eigenvalue weighted by atomic mass is 10.1. The summed E-state index contributed by atoms with van der Waals surface area (Å²) in [5, 5.41) is 0.305. The minimum absolute atomic E-state index is 0.261. The number of halogens is 2. The average Bonchev–Trinajstić information content (AvgIpc) is 2.53. The van der Waals surface area contributed by atoms with E-state index in [0.717, 1.165) is 9.37 Å². The third kappa shape index (κ3) is 4.35. The third-order valence-electron chi connectivity index (χ3n) is 2.89. The van der Waals surface area contributed by atoms with Gasteiger partial charge in [0, 0.05) is 14.9 Å². The van der Waals surface area contributed by atoms with Gasteiger partial charge in [-0.05, 0) is 36.6 Å². The lowest BCUT2D eigenvalue weighted by molar-refractivity contribution is 0.0474. The maximum atomic E-state index is 12.0. The Morgan fingerprint density at radius 1 is 1.18 bits per heavy atom. The summed E-state index contributed by atoms with van der Waals surface area (Å²) < 4.78 is 5.94. The van der Waals surface area contributed by atoms with Crippen LogP contribution in [-0.2, 0) is 4.74 Å². The fourth-order valence-corrected chi connectivity index (χ4v) is 2.61. The summed E-state index contributed by atoms with van der Waals surface area (Å²) in [5.74, 6) is -0.871. The molecule has 0 N–H and O–H groups in total. The van der Waals surface area contributed by atoms with E-state index < -0.39 is 5.97 Å². The first-order chi connectivity index (χ1) is 10.5. The molecule has 0 bridgehead atoms. The molecule has 22 heavy (non-hydrogen) atoms. The molecule has 0 aliphatic rings. The molecule has 3 nitrogen and oxygen atoms in total. The molecule has 0 saturated heterocycles. The van der Waals surface area contributed by atoms with Crippen LogP contribution in [0.2, 0.25) is 5.02 Å². The van der Waals surface area contributed by atoms with Crippen molar-refractivity contribution in [3.63, 3.8) is 0 Å². The van der Waals surface area contributed by atoms with Crippen molar-refractivity contribution in [1.29, 1.82) is 0 Å². The Balaban J connectivity index is 2.03. The number of ketones is 1. The topological polar surface area (TPSA) is 43.4 Å². The predicted octanol–water partition coefficient (Wildman–Crippen LogP) is 4.86. The summed E-state index contributed by atoms with van der Waals surface area (Å²) >= 11 is 10.8. The smallest absolute Gasteiger partial charge is 0.340 e. The number of Topliss-reactive ketones (excluding diaryl/α,β-unsaturated/α-hetero) is 1. The average molecular weight is 400 g/mol. The molecule has 0 fully saturated rings. The van der Waals surface area contributed by atoms with Gasteiger partial charge in [0.1, 0.15) is 0 Å². The number of carbonyl (C=O) groups is 2. The number of rotatable bonds is 5. The molecule has 0 atom stereocenters. The molecule has 0 saturated carbocycles. The zero-order chi connectivity index (χ0) is 16.1. The van der Waals surface area contributed by atoms with Gasteiger partial charge < -0.3 is 4.74 Å². The highest BCUT2D eigenvalue weighted by Gasteiger charge is 2.15. The molecule has 114 valence electrons. The maximum Gasteiger partial charge on any atom is 0.340 e. The van der Waals surface area contributed by atoms with E-state index in [9.17, 15) is 9.59 Å². The van der Waals surface area contributed by atoms with Gasteiger partial charge in [-0.15, -0.1) is 11.8 Å². The van der Waals surface area contributed by atoms with Crippen LogP contribution in [0.3, 0.4) is 0 Å². The zero-order valence-electron chi connectivity index (χ0n) is 11.6. The SMILES string of the molecule is CSc1ccc(Cl)c(C(=O)OCC(=O)c2ccc(Br)cc2)c1. The normalized spacial score (nSPS) is 10.3. The van der Waals surface area contributed by atoms with E-state index in [0.29, 0.717) is 10.6 Å². The molecule has 0 heterocycles. The molecule has 0 aliphatic carbocycles.